The summed E-state index contributed by atoms with van der Waals surface area (Å²) in [5.41, 5.74) is 8.30. The first kappa shape index (κ1) is 16.1. The molecule has 0 amide bonds. The van der Waals surface area contributed by atoms with Gasteiger partial charge >= 0.3 is 0 Å². The monoisotopic (exact) mass is 284 g/mol. The van der Waals surface area contributed by atoms with Crippen LogP contribution in [-0.4, -0.2) is 15.0 Å². The van der Waals surface area contributed by atoms with Gasteiger partial charge in [-0.1, -0.05) is 26.3 Å². The number of hydrogen-bond acceptors (Lipinski definition) is 3. The van der Waals surface area contributed by atoms with Gasteiger partial charge in [-0.05, 0) is 42.5 Å². The molecule has 1 aromatic carbocycles. The molecule has 1 aromatic rings. The summed E-state index contributed by atoms with van der Waals surface area (Å²) in [5.74, 6) is 0.328. The standard InChI is InChI=1S/C14H24N2O2S/c1-5-10(2)9-16-19(17,18)14-7-13(8-15)11(3)6-12(14)4/h6-7,10,16H,5,8-9,15H2,1-4H3. The molecule has 1 unspecified atom stereocenters. The van der Waals surface area contributed by atoms with Gasteiger partial charge in [0.2, 0.25) is 10.0 Å². The Bertz CT molecular complexity index is 539. The number of nitrogens with two attached hydrogens (primary N) is 1. The van der Waals surface area contributed by atoms with Crippen molar-refractivity contribution in [3.63, 3.8) is 0 Å². The van der Waals surface area contributed by atoms with Gasteiger partial charge in [-0.25, -0.2) is 13.1 Å². The minimum Gasteiger partial charge on any atom is -0.326 e. The maximum atomic E-state index is 12.3. The number of aryl methyl sites for hydroxylation is 2. The topological polar surface area (TPSA) is 72.2 Å². The first-order chi connectivity index (χ1) is 8.81. The summed E-state index contributed by atoms with van der Waals surface area (Å²) in [4.78, 5) is 0.335. The minimum atomic E-state index is -3.45. The van der Waals surface area contributed by atoms with Crippen LogP contribution in [0, 0.1) is 19.8 Å². The van der Waals surface area contributed by atoms with Crippen LogP contribution in [-0.2, 0) is 16.6 Å². The zero-order valence-electron chi connectivity index (χ0n) is 12.2. The smallest absolute Gasteiger partial charge is 0.240 e. The third kappa shape index (κ3) is 4.03. The Labute approximate surface area is 116 Å². The summed E-state index contributed by atoms with van der Waals surface area (Å²) < 4.78 is 27.3. The van der Waals surface area contributed by atoms with Gasteiger partial charge in [0, 0.05) is 13.1 Å². The van der Waals surface area contributed by atoms with Gasteiger partial charge in [0.1, 0.15) is 0 Å². The molecule has 0 aromatic heterocycles. The number of benzene rings is 1. The highest BCUT2D eigenvalue weighted by Crippen LogP contribution is 2.20. The highest BCUT2D eigenvalue weighted by atomic mass is 32.2. The maximum Gasteiger partial charge on any atom is 0.240 e. The molecule has 0 radical (unpaired) electrons. The van der Waals surface area contributed by atoms with Crippen molar-refractivity contribution in [2.24, 2.45) is 11.7 Å². The molecule has 0 aliphatic rings. The van der Waals surface area contributed by atoms with Crippen LogP contribution in [0.1, 0.15) is 37.0 Å². The predicted molar refractivity (Wildman–Crippen MR) is 78.5 cm³/mol. The van der Waals surface area contributed by atoms with Crippen molar-refractivity contribution in [1.82, 2.24) is 4.72 Å². The van der Waals surface area contributed by atoms with Crippen molar-refractivity contribution >= 4 is 10.0 Å². The van der Waals surface area contributed by atoms with E-state index in [4.69, 9.17) is 5.73 Å². The van der Waals surface area contributed by atoms with Crippen molar-refractivity contribution in [3.05, 3.63) is 28.8 Å². The molecule has 0 aliphatic carbocycles. The minimum absolute atomic E-state index is 0.328. The Kier molecular flexibility index (Phi) is 5.52. The first-order valence-corrected chi connectivity index (χ1v) is 8.10. The third-order valence-corrected chi connectivity index (χ3v) is 5.03. The SMILES string of the molecule is CCC(C)CNS(=O)(=O)c1cc(CN)c(C)cc1C. The second-order valence-electron chi connectivity index (χ2n) is 5.11. The number of rotatable bonds is 6. The molecular formula is C14H24N2O2S. The summed E-state index contributed by atoms with van der Waals surface area (Å²) in [6.45, 7) is 8.63. The first-order valence-electron chi connectivity index (χ1n) is 6.61. The second-order valence-corrected chi connectivity index (χ2v) is 6.85. The molecule has 0 aliphatic heterocycles. The van der Waals surface area contributed by atoms with E-state index in [9.17, 15) is 8.42 Å². The van der Waals surface area contributed by atoms with Gasteiger partial charge < -0.3 is 5.73 Å². The van der Waals surface area contributed by atoms with E-state index in [1.54, 1.807) is 6.07 Å². The molecule has 1 rings (SSSR count). The van der Waals surface area contributed by atoms with Gasteiger partial charge in [0.15, 0.2) is 0 Å². The number of nitrogens with one attached hydrogen (secondary N) is 1. The molecule has 3 N–H and O–H groups in total. The summed E-state index contributed by atoms with van der Waals surface area (Å²) in [7, 11) is -3.45. The van der Waals surface area contributed by atoms with E-state index in [2.05, 4.69) is 4.72 Å². The van der Waals surface area contributed by atoms with E-state index in [1.165, 1.54) is 0 Å². The molecule has 19 heavy (non-hydrogen) atoms. The van der Waals surface area contributed by atoms with Gasteiger partial charge in [0.05, 0.1) is 4.90 Å². The van der Waals surface area contributed by atoms with Gasteiger partial charge in [-0.3, -0.25) is 0 Å². The maximum absolute atomic E-state index is 12.3. The Balaban J connectivity index is 3.07. The third-order valence-electron chi connectivity index (χ3n) is 3.46. The second kappa shape index (κ2) is 6.50. The molecule has 4 nitrogen and oxygen atoms in total. The van der Waals surface area contributed by atoms with Crippen LogP contribution in [0.25, 0.3) is 0 Å². The van der Waals surface area contributed by atoms with Crippen LogP contribution in [0.4, 0.5) is 0 Å². The van der Waals surface area contributed by atoms with E-state index in [0.29, 0.717) is 23.9 Å². The van der Waals surface area contributed by atoms with Crippen molar-refractivity contribution < 1.29 is 8.42 Å². The van der Waals surface area contributed by atoms with Gasteiger partial charge in [0.25, 0.3) is 0 Å². The van der Waals surface area contributed by atoms with Crippen LogP contribution in [0.5, 0.6) is 0 Å². The highest BCUT2D eigenvalue weighted by Gasteiger charge is 2.18. The average molecular weight is 284 g/mol. The van der Waals surface area contributed by atoms with E-state index in [-0.39, 0.29) is 0 Å². The summed E-state index contributed by atoms with van der Waals surface area (Å²) >= 11 is 0. The molecule has 0 bridgehead atoms. The van der Waals surface area contributed by atoms with Crippen LogP contribution in [0.2, 0.25) is 0 Å². The Morgan fingerprint density at radius 2 is 1.89 bits per heavy atom. The molecule has 0 fully saturated rings. The lowest BCUT2D eigenvalue weighted by atomic mass is 10.1. The lowest BCUT2D eigenvalue weighted by Crippen LogP contribution is -2.29. The summed E-state index contributed by atoms with van der Waals surface area (Å²) in [6, 6.07) is 3.56. The number of hydrogen-bond donors (Lipinski definition) is 2. The van der Waals surface area contributed by atoms with Crippen LogP contribution in [0.3, 0.4) is 0 Å². The van der Waals surface area contributed by atoms with Crippen molar-refractivity contribution in [1.29, 1.82) is 0 Å². The van der Waals surface area contributed by atoms with Crippen molar-refractivity contribution in [2.75, 3.05) is 6.54 Å². The van der Waals surface area contributed by atoms with Crippen LogP contribution in [0.15, 0.2) is 17.0 Å². The van der Waals surface area contributed by atoms with E-state index < -0.39 is 10.0 Å². The lowest BCUT2D eigenvalue weighted by Gasteiger charge is -2.14. The van der Waals surface area contributed by atoms with Crippen LogP contribution >= 0.6 is 0 Å². The fourth-order valence-corrected chi connectivity index (χ4v) is 3.30. The Morgan fingerprint density at radius 1 is 1.26 bits per heavy atom. The zero-order valence-corrected chi connectivity index (χ0v) is 13.0. The molecule has 108 valence electrons. The Hall–Kier alpha value is -0.910. The predicted octanol–water partition coefficient (Wildman–Crippen LogP) is 2.09. The lowest BCUT2D eigenvalue weighted by molar-refractivity contribution is 0.528. The van der Waals surface area contributed by atoms with E-state index in [1.807, 2.05) is 33.8 Å². The average Bonchev–Trinajstić information content (AvgIpc) is 2.35. The normalized spacial score (nSPS) is 13.5. The summed E-state index contributed by atoms with van der Waals surface area (Å²) in [5, 5.41) is 0. The van der Waals surface area contributed by atoms with E-state index >= 15 is 0 Å². The quantitative estimate of drug-likeness (QED) is 0.840. The van der Waals surface area contributed by atoms with Gasteiger partial charge in [-0.2, -0.15) is 0 Å². The van der Waals surface area contributed by atoms with Crippen molar-refractivity contribution in [3.8, 4) is 0 Å². The molecule has 0 spiro atoms. The number of sulfonamides is 1. The largest absolute Gasteiger partial charge is 0.326 e. The molecule has 1 atom stereocenters. The fourth-order valence-electron chi connectivity index (χ4n) is 1.86. The highest BCUT2D eigenvalue weighted by molar-refractivity contribution is 7.89. The van der Waals surface area contributed by atoms with Gasteiger partial charge in [-0.15, -0.1) is 0 Å². The summed E-state index contributed by atoms with van der Waals surface area (Å²) in [6.07, 6.45) is 0.948. The zero-order chi connectivity index (χ0) is 14.6. The fraction of sp³-hybridized carbons (Fsp3) is 0.571. The van der Waals surface area contributed by atoms with Crippen molar-refractivity contribution in [2.45, 2.75) is 45.6 Å². The molecule has 0 saturated carbocycles. The molecular weight excluding hydrogens is 260 g/mol. The van der Waals surface area contributed by atoms with E-state index in [0.717, 1.165) is 23.1 Å². The van der Waals surface area contributed by atoms with Crippen LogP contribution < -0.4 is 10.5 Å². The molecule has 0 saturated heterocycles. The molecule has 5 heteroatoms. The molecule has 0 heterocycles. The Morgan fingerprint density at radius 3 is 2.42 bits per heavy atom.